The molecule has 21 heavy (non-hydrogen) atoms. The molecule has 108 valence electrons. The number of nitrogens with one attached hydrogen (secondary N) is 1. The first-order valence-electron chi connectivity index (χ1n) is 6.47. The standard InChI is InChI=1S/C15H15N3O2S/c1-10(2)11-3-5-12(6-4-11)20-9-14(19)18-15-17-8-13(7-16)21-15/h3-6,8,10H,9H2,1-2H3,(H,17,18,19). The third kappa shape index (κ3) is 4.29. The first-order valence-corrected chi connectivity index (χ1v) is 7.28. The predicted octanol–water partition coefficient (Wildman–Crippen LogP) is 3.16. The number of anilines is 1. The molecule has 2 aromatic rings. The number of nitriles is 1. The number of hydrogen-bond acceptors (Lipinski definition) is 5. The van der Waals surface area contributed by atoms with E-state index >= 15 is 0 Å². The summed E-state index contributed by atoms with van der Waals surface area (Å²) in [5.41, 5.74) is 1.22. The molecule has 2 rings (SSSR count). The number of ether oxygens (including phenoxy) is 1. The lowest BCUT2D eigenvalue weighted by molar-refractivity contribution is -0.118. The first-order chi connectivity index (χ1) is 10.1. The van der Waals surface area contributed by atoms with Crippen molar-refractivity contribution in [2.75, 3.05) is 11.9 Å². The maximum atomic E-state index is 11.7. The molecular formula is C15H15N3O2S. The van der Waals surface area contributed by atoms with E-state index in [4.69, 9.17) is 10.00 Å². The summed E-state index contributed by atoms with van der Waals surface area (Å²) in [6.07, 6.45) is 1.42. The Labute approximate surface area is 127 Å². The largest absolute Gasteiger partial charge is 0.484 e. The minimum Gasteiger partial charge on any atom is -0.484 e. The highest BCUT2D eigenvalue weighted by atomic mass is 32.1. The summed E-state index contributed by atoms with van der Waals surface area (Å²) in [4.78, 5) is 16.1. The van der Waals surface area contributed by atoms with Gasteiger partial charge in [-0.3, -0.25) is 10.1 Å². The van der Waals surface area contributed by atoms with Gasteiger partial charge in [-0.05, 0) is 23.6 Å². The number of rotatable bonds is 5. The highest BCUT2D eigenvalue weighted by Crippen LogP contribution is 2.19. The third-order valence-electron chi connectivity index (χ3n) is 2.78. The van der Waals surface area contributed by atoms with Gasteiger partial charge in [0.25, 0.3) is 5.91 Å². The topological polar surface area (TPSA) is 75.0 Å². The molecule has 1 heterocycles. The van der Waals surface area contributed by atoms with Gasteiger partial charge in [-0.1, -0.05) is 37.3 Å². The minimum absolute atomic E-state index is 0.0947. The molecule has 1 N–H and O–H groups in total. The van der Waals surface area contributed by atoms with Crippen LogP contribution < -0.4 is 10.1 Å². The molecule has 0 spiro atoms. The van der Waals surface area contributed by atoms with Crippen LogP contribution in [0.5, 0.6) is 5.75 Å². The number of aromatic nitrogens is 1. The lowest BCUT2D eigenvalue weighted by Crippen LogP contribution is -2.19. The van der Waals surface area contributed by atoms with Crippen LogP contribution >= 0.6 is 11.3 Å². The Bertz CT molecular complexity index is 656. The smallest absolute Gasteiger partial charge is 0.264 e. The maximum Gasteiger partial charge on any atom is 0.264 e. The van der Waals surface area contributed by atoms with Gasteiger partial charge in [0.05, 0.1) is 6.20 Å². The monoisotopic (exact) mass is 301 g/mol. The Hall–Kier alpha value is -2.39. The van der Waals surface area contributed by atoms with Crippen LogP contribution in [0, 0.1) is 11.3 Å². The van der Waals surface area contributed by atoms with Crippen molar-refractivity contribution in [1.82, 2.24) is 4.98 Å². The molecule has 0 saturated carbocycles. The highest BCUT2D eigenvalue weighted by molar-refractivity contribution is 7.16. The van der Waals surface area contributed by atoms with Gasteiger partial charge < -0.3 is 4.74 Å². The fourth-order valence-electron chi connectivity index (χ4n) is 1.64. The van der Waals surface area contributed by atoms with E-state index in [-0.39, 0.29) is 12.5 Å². The van der Waals surface area contributed by atoms with Crippen molar-refractivity contribution < 1.29 is 9.53 Å². The molecule has 1 aromatic carbocycles. The van der Waals surface area contributed by atoms with E-state index in [0.717, 1.165) is 11.3 Å². The number of benzene rings is 1. The Balaban J connectivity index is 1.85. The Morgan fingerprint density at radius 2 is 2.14 bits per heavy atom. The zero-order chi connectivity index (χ0) is 15.2. The molecule has 0 bridgehead atoms. The molecular weight excluding hydrogens is 286 g/mol. The molecule has 5 nitrogen and oxygen atoms in total. The summed E-state index contributed by atoms with van der Waals surface area (Å²) in [7, 11) is 0. The maximum absolute atomic E-state index is 11.7. The van der Waals surface area contributed by atoms with Crippen LogP contribution in [-0.4, -0.2) is 17.5 Å². The SMILES string of the molecule is CC(C)c1ccc(OCC(=O)Nc2ncc(C#N)s2)cc1. The van der Waals surface area contributed by atoms with E-state index in [1.165, 1.54) is 11.8 Å². The number of carbonyl (C=O) groups is 1. The quantitative estimate of drug-likeness (QED) is 0.920. The van der Waals surface area contributed by atoms with Gasteiger partial charge in [0.1, 0.15) is 16.7 Å². The Kier molecular flexibility index (Phi) is 4.90. The fourth-order valence-corrected chi connectivity index (χ4v) is 2.27. The van der Waals surface area contributed by atoms with E-state index in [0.29, 0.717) is 21.7 Å². The minimum atomic E-state index is -0.304. The summed E-state index contributed by atoms with van der Waals surface area (Å²) < 4.78 is 5.41. The second-order valence-electron chi connectivity index (χ2n) is 4.70. The normalized spacial score (nSPS) is 10.2. The van der Waals surface area contributed by atoms with Gasteiger partial charge in [0.2, 0.25) is 0 Å². The zero-order valence-electron chi connectivity index (χ0n) is 11.8. The molecule has 1 amide bonds. The van der Waals surface area contributed by atoms with Crippen LogP contribution in [0.15, 0.2) is 30.5 Å². The number of amides is 1. The average Bonchev–Trinajstić information content (AvgIpc) is 2.93. The molecule has 0 atom stereocenters. The van der Waals surface area contributed by atoms with Crippen molar-refractivity contribution in [1.29, 1.82) is 5.26 Å². The Morgan fingerprint density at radius 3 is 2.71 bits per heavy atom. The van der Waals surface area contributed by atoms with Crippen molar-refractivity contribution in [2.45, 2.75) is 19.8 Å². The van der Waals surface area contributed by atoms with Gasteiger partial charge in [0, 0.05) is 0 Å². The summed E-state index contributed by atoms with van der Waals surface area (Å²) in [5.74, 6) is 0.801. The molecule has 0 fully saturated rings. The zero-order valence-corrected chi connectivity index (χ0v) is 12.6. The summed E-state index contributed by atoms with van der Waals surface area (Å²) in [6.45, 7) is 4.14. The number of thiazole rings is 1. The number of nitrogens with zero attached hydrogens (tertiary/aromatic N) is 2. The van der Waals surface area contributed by atoms with Crippen molar-refractivity contribution in [3.8, 4) is 11.8 Å². The van der Waals surface area contributed by atoms with Crippen LogP contribution in [0.2, 0.25) is 0 Å². The molecule has 0 radical (unpaired) electrons. The summed E-state index contributed by atoms with van der Waals surface area (Å²) in [6, 6.07) is 9.63. The van der Waals surface area contributed by atoms with Crippen molar-refractivity contribution in [2.24, 2.45) is 0 Å². The van der Waals surface area contributed by atoms with Gasteiger partial charge in [-0.25, -0.2) is 4.98 Å². The lowest BCUT2D eigenvalue weighted by Gasteiger charge is -2.08. The number of carbonyl (C=O) groups excluding carboxylic acids is 1. The second-order valence-corrected chi connectivity index (χ2v) is 5.73. The Morgan fingerprint density at radius 1 is 1.43 bits per heavy atom. The van der Waals surface area contributed by atoms with Crippen molar-refractivity contribution in [3.05, 3.63) is 40.9 Å². The van der Waals surface area contributed by atoms with Crippen LogP contribution in [0.25, 0.3) is 0 Å². The van der Waals surface area contributed by atoms with E-state index in [1.807, 2.05) is 30.3 Å². The lowest BCUT2D eigenvalue weighted by atomic mass is 10.0. The second kappa shape index (κ2) is 6.86. The van der Waals surface area contributed by atoms with E-state index in [9.17, 15) is 4.79 Å². The molecule has 0 unspecified atom stereocenters. The molecule has 6 heteroatoms. The molecule has 0 aliphatic heterocycles. The predicted molar refractivity (Wildman–Crippen MR) is 81.5 cm³/mol. The van der Waals surface area contributed by atoms with Crippen LogP contribution in [0.3, 0.4) is 0 Å². The van der Waals surface area contributed by atoms with Gasteiger partial charge in [-0.15, -0.1) is 0 Å². The van der Waals surface area contributed by atoms with E-state index in [1.54, 1.807) is 0 Å². The van der Waals surface area contributed by atoms with Crippen LogP contribution in [-0.2, 0) is 4.79 Å². The van der Waals surface area contributed by atoms with E-state index in [2.05, 4.69) is 24.1 Å². The van der Waals surface area contributed by atoms with Gasteiger partial charge in [-0.2, -0.15) is 5.26 Å². The van der Waals surface area contributed by atoms with Crippen LogP contribution in [0.4, 0.5) is 5.13 Å². The third-order valence-corrected chi connectivity index (χ3v) is 3.60. The van der Waals surface area contributed by atoms with Gasteiger partial charge in [0.15, 0.2) is 11.7 Å². The average molecular weight is 301 g/mol. The molecule has 0 aliphatic rings. The summed E-state index contributed by atoms with van der Waals surface area (Å²) >= 11 is 1.13. The first kappa shape index (κ1) is 15.0. The van der Waals surface area contributed by atoms with Gasteiger partial charge >= 0.3 is 0 Å². The molecule has 0 aliphatic carbocycles. The fraction of sp³-hybridized carbons (Fsp3) is 0.267. The summed E-state index contributed by atoms with van der Waals surface area (Å²) in [5, 5.41) is 11.7. The molecule has 1 aromatic heterocycles. The van der Waals surface area contributed by atoms with Crippen LogP contribution in [0.1, 0.15) is 30.2 Å². The highest BCUT2D eigenvalue weighted by Gasteiger charge is 2.07. The molecule has 0 saturated heterocycles. The van der Waals surface area contributed by atoms with Crippen molar-refractivity contribution in [3.63, 3.8) is 0 Å². The van der Waals surface area contributed by atoms with E-state index < -0.39 is 0 Å². The van der Waals surface area contributed by atoms with Crippen molar-refractivity contribution >= 4 is 22.4 Å². The number of hydrogen-bond donors (Lipinski definition) is 1.